The molecule has 18 heavy (non-hydrogen) atoms. The number of rotatable bonds is 6. The topological polar surface area (TPSA) is 41.3 Å². The van der Waals surface area contributed by atoms with Gasteiger partial charge in [0.2, 0.25) is 0 Å². The lowest BCUT2D eigenvalue weighted by Crippen LogP contribution is -2.27. The van der Waals surface area contributed by atoms with Crippen LogP contribution in [0.1, 0.15) is 18.4 Å². The molecule has 0 radical (unpaired) electrons. The number of hydrogen-bond acceptors (Lipinski definition) is 3. The molecule has 5 heteroatoms. The zero-order valence-electron chi connectivity index (χ0n) is 10.4. The second-order valence-corrected chi connectivity index (χ2v) is 5.14. The fourth-order valence-corrected chi connectivity index (χ4v) is 2.00. The van der Waals surface area contributed by atoms with E-state index in [1.165, 1.54) is 18.9 Å². The molecular weight excluding hydrogens is 249 g/mol. The molecule has 0 saturated heterocycles. The van der Waals surface area contributed by atoms with Crippen molar-refractivity contribution in [3.8, 4) is 0 Å². The normalized spacial score (nSPS) is 14.8. The maximum Gasteiger partial charge on any atom is 0.146 e. The van der Waals surface area contributed by atoms with E-state index in [1.54, 1.807) is 12.1 Å². The third-order valence-electron chi connectivity index (χ3n) is 3.20. The van der Waals surface area contributed by atoms with Crippen molar-refractivity contribution in [3.63, 3.8) is 0 Å². The first kappa shape index (κ1) is 13.2. The van der Waals surface area contributed by atoms with Crippen LogP contribution in [0.4, 0.5) is 10.1 Å². The number of anilines is 1. The molecule has 3 nitrogen and oxygen atoms in total. The summed E-state index contributed by atoms with van der Waals surface area (Å²) < 4.78 is 13.7. The van der Waals surface area contributed by atoms with Gasteiger partial charge in [-0.05, 0) is 38.1 Å². The van der Waals surface area contributed by atoms with Crippen LogP contribution in [-0.4, -0.2) is 36.1 Å². The Kier molecular flexibility index (Phi) is 4.14. The molecule has 98 valence electrons. The number of hydrogen-bond donors (Lipinski definition) is 2. The van der Waals surface area contributed by atoms with Crippen LogP contribution in [0, 0.1) is 5.82 Å². The van der Waals surface area contributed by atoms with Crippen molar-refractivity contribution in [2.24, 2.45) is 5.73 Å². The highest BCUT2D eigenvalue weighted by molar-refractivity contribution is 7.80. The second-order valence-electron chi connectivity index (χ2n) is 4.70. The molecule has 1 aliphatic rings. The highest BCUT2D eigenvalue weighted by atomic mass is 32.1. The monoisotopic (exact) mass is 267 g/mol. The van der Waals surface area contributed by atoms with Crippen LogP contribution in [0.15, 0.2) is 18.2 Å². The van der Waals surface area contributed by atoms with E-state index < -0.39 is 0 Å². The van der Waals surface area contributed by atoms with Gasteiger partial charge in [-0.25, -0.2) is 4.39 Å². The molecule has 1 aromatic rings. The van der Waals surface area contributed by atoms with Crippen LogP contribution in [0.25, 0.3) is 0 Å². The van der Waals surface area contributed by atoms with Crippen LogP contribution in [-0.2, 0) is 0 Å². The van der Waals surface area contributed by atoms with Crippen molar-refractivity contribution in [2.45, 2.75) is 18.9 Å². The lowest BCUT2D eigenvalue weighted by atomic mass is 10.2. The van der Waals surface area contributed by atoms with Gasteiger partial charge in [0.1, 0.15) is 10.8 Å². The summed E-state index contributed by atoms with van der Waals surface area (Å²) in [5, 5.41) is 3.09. The number of likely N-dealkylation sites (N-methyl/N-ethyl adjacent to an activating group) is 1. The average molecular weight is 267 g/mol. The Labute approximate surface area is 112 Å². The molecule has 1 aromatic carbocycles. The summed E-state index contributed by atoms with van der Waals surface area (Å²) in [5.74, 6) is -0.311. The molecule has 0 aliphatic heterocycles. The molecule has 1 aliphatic carbocycles. The minimum atomic E-state index is -0.311. The minimum absolute atomic E-state index is 0.217. The fourth-order valence-electron chi connectivity index (χ4n) is 1.88. The summed E-state index contributed by atoms with van der Waals surface area (Å²) in [6.07, 6.45) is 2.57. The first-order valence-electron chi connectivity index (χ1n) is 6.11. The maximum atomic E-state index is 13.7. The molecule has 2 rings (SSSR count). The summed E-state index contributed by atoms with van der Waals surface area (Å²) in [6, 6.07) is 5.52. The predicted molar refractivity (Wildman–Crippen MR) is 76.4 cm³/mol. The summed E-state index contributed by atoms with van der Waals surface area (Å²) in [7, 11) is 2.10. The number of benzene rings is 1. The largest absolute Gasteiger partial charge is 0.389 e. The predicted octanol–water partition coefficient (Wildman–Crippen LogP) is 1.97. The lowest BCUT2D eigenvalue weighted by molar-refractivity contribution is 0.337. The standard InChI is InChI=1S/C13H18FN3S/c1-17(10-3-4-10)7-6-16-12-5-2-9(13(15)18)8-11(12)14/h2,5,8,10,16H,3-4,6-7H2,1H3,(H2,15,18). The molecule has 0 unspecified atom stereocenters. The quantitative estimate of drug-likeness (QED) is 0.773. The third kappa shape index (κ3) is 3.40. The lowest BCUT2D eigenvalue weighted by Gasteiger charge is -2.16. The summed E-state index contributed by atoms with van der Waals surface area (Å²) in [6.45, 7) is 1.65. The van der Waals surface area contributed by atoms with Crippen molar-refractivity contribution in [1.29, 1.82) is 0 Å². The van der Waals surface area contributed by atoms with Gasteiger partial charge in [0, 0.05) is 24.7 Å². The molecule has 0 aromatic heterocycles. The zero-order valence-corrected chi connectivity index (χ0v) is 11.3. The van der Waals surface area contributed by atoms with E-state index in [0.717, 1.165) is 19.1 Å². The molecule has 1 saturated carbocycles. The summed E-state index contributed by atoms with van der Waals surface area (Å²) in [4.78, 5) is 2.52. The van der Waals surface area contributed by atoms with Crippen molar-refractivity contribution < 1.29 is 4.39 Å². The molecule has 0 atom stereocenters. The van der Waals surface area contributed by atoms with E-state index in [9.17, 15) is 4.39 Å². The van der Waals surface area contributed by atoms with Crippen LogP contribution < -0.4 is 11.1 Å². The number of halogens is 1. The van der Waals surface area contributed by atoms with Crippen molar-refractivity contribution in [2.75, 3.05) is 25.5 Å². The fraction of sp³-hybridized carbons (Fsp3) is 0.462. The molecule has 1 fully saturated rings. The summed E-state index contributed by atoms with van der Waals surface area (Å²) in [5.41, 5.74) is 6.51. The first-order valence-corrected chi connectivity index (χ1v) is 6.52. The highest BCUT2D eigenvalue weighted by Crippen LogP contribution is 2.24. The van der Waals surface area contributed by atoms with Gasteiger partial charge in [-0.2, -0.15) is 0 Å². The summed E-state index contributed by atoms with van der Waals surface area (Å²) >= 11 is 4.81. The number of nitrogens with zero attached hydrogens (tertiary/aromatic N) is 1. The number of nitrogens with two attached hydrogens (primary N) is 1. The molecule has 3 N–H and O–H groups in total. The van der Waals surface area contributed by atoms with E-state index in [2.05, 4.69) is 17.3 Å². The Bertz CT molecular complexity index is 446. The first-order chi connectivity index (χ1) is 8.58. The Morgan fingerprint density at radius 1 is 1.56 bits per heavy atom. The maximum absolute atomic E-state index is 13.7. The van der Waals surface area contributed by atoms with Gasteiger partial charge in [-0.1, -0.05) is 12.2 Å². The molecular formula is C13H18FN3S. The Hall–Kier alpha value is -1.20. The third-order valence-corrected chi connectivity index (χ3v) is 3.44. The van der Waals surface area contributed by atoms with Gasteiger partial charge in [-0.3, -0.25) is 0 Å². The smallest absolute Gasteiger partial charge is 0.146 e. The Balaban J connectivity index is 1.86. The Morgan fingerprint density at radius 2 is 2.28 bits per heavy atom. The highest BCUT2D eigenvalue weighted by Gasteiger charge is 2.25. The van der Waals surface area contributed by atoms with E-state index in [1.807, 2.05) is 0 Å². The molecule has 0 heterocycles. The van der Waals surface area contributed by atoms with Crippen LogP contribution in [0.2, 0.25) is 0 Å². The zero-order chi connectivity index (χ0) is 13.1. The molecule has 0 spiro atoms. The number of thiocarbonyl (C=S) groups is 1. The second kappa shape index (κ2) is 5.63. The molecule has 0 bridgehead atoms. The van der Waals surface area contributed by atoms with Crippen LogP contribution in [0.3, 0.4) is 0 Å². The van der Waals surface area contributed by atoms with E-state index in [0.29, 0.717) is 11.3 Å². The average Bonchev–Trinajstić information content (AvgIpc) is 3.14. The van der Waals surface area contributed by atoms with Gasteiger partial charge in [0.25, 0.3) is 0 Å². The van der Waals surface area contributed by atoms with Crippen LogP contribution in [0.5, 0.6) is 0 Å². The van der Waals surface area contributed by atoms with Gasteiger partial charge < -0.3 is 16.0 Å². The van der Waals surface area contributed by atoms with Gasteiger partial charge in [0.05, 0.1) is 5.69 Å². The van der Waals surface area contributed by atoms with E-state index in [-0.39, 0.29) is 10.8 Å². The molecule has 0 amide bonds. The van der Waals surface area contributed by atoms with Crippen molar-refractivity contribution in [1.82, 2.24) is 4.90 Å². The van der Waals surface area contributed by atoms with E-state index >= 15 is 0 Å². The van der Waals surface area contributed by atoms with E-state index in [4.69, 9.17) is 18.0 Å². The van der Waals surface area contributed by atoms with Gasteiger partial charge >= 0.3 is 0 Å². The SMILES string of the molecule is CN(CCNc1ccc(C(N)=S)cc1F)C1CC1. The van der Waals surface area contributed by atoms with Gasteiger partial charge in [-0.15, -0.1) is 0 Å². The number of nitrogens with one attached hydrogen (secondary N) is 1. The van der Waals surface area contributed by atoms with Crippen molar-refractivity contribution in [3.05, 3.63) is 29.6 Å². The van der Waals surface area contributed by atoms with Crippen molar-refractivity contribution >= 4 is 22.9 Å². The van der Waals surface area contributed by atoms with Gasteiger partial charge in [0.15, 0.2) is 0 Å². The van der Waals surface area contributed by atoms with Crippen LogP contribution >= 0.6 is 12.2 Å². The Morgan fingerprint density at radius 3 is 2.83 bits per heavy atom. The minimum Gasteiger partial charge on any atom is -0.389 e.